The number of hydrogen-bond acceptors (Lipinski definition) is 5. The van der Waals surface area contributed by atoms with Crippen LogP contribution in [0.4, 0.5) is 0 Å². The van der Waals surface area contributed by atoms with Gasteiger partial charge in [0.05, 0.1) is 16.2 Å². The molecule has 0 amide bonds. The first-order valence-corrected chi connectivity index (χ1v) is 19.0. The van der Waals surface area contributed by atoms with Crippen LogP contribution in [0.2, 0.25) is 0 Å². The Bertz CT molecular complexity index is 1670. The smallest absolute Gasteiger partial charge is 0.184 e. The molecule has 0 fully saturated rings. The number of hydrogen-bond donors (Lipinski definition) is 1. The zero-order valence-corrected chi connectivity index (χ0v) is 31.1. The highest BCUT2D eigenvalue weighted by Gasteiger charge is 2.43. The van der Waals surface area contributed by atoms with Crippen LogP contribution in [-0.2, 0) is 22.9 Å². The molecule has 0 saturated carbocycles. The Morgan fingerprint density at radius 3 is 2.27 bits per heavy atom. The van der Waals surface area contributed by atoms with Gasteiger partial charge in [-0.3, -0.25) is 0 Å². The molecule has 0 aliphatic carbocycles. The average molecular weight is 673 g/mol. The van der Waals surface area contributed by atoms with Crippen molar-refractivity contribution in [2.24, 2.45) is 11.8 Å². The molecule has 1 aliphatic rings. The lowest BCUT2D eigenvalue weighted by Crippen LogP contribution is -2.47. The fourth-order valence-corrected chi connectivity index (χ4v) is 8.96. The summed E-state index contributed by atoms with van der Waals surface area (Å²) in [4.78, 5) is 0.231. The summed E-state index contributed by atoms with van der Waals surface area (Å²) in [6.07, 6.45) is 9.80. The summed E-state index contributed by atoms with van der Waals surface area (Å²) in [5.74, 6) is 1.80. The third kappa shape index (κ3) is 9.21. The molecule has 0 aromatic heterocycles. The lowest BCUT2D eigenvalue weighted by atomic mass is 9.83. The first kappa shape index (κ1) is 37.5. The van der Waals surface area contributed by atoms with Crippen molar-refractivity contribution in [2.45, 2.75) is 122 Å². The van der Waals surface area contributed by atoms with Crippen molar-refractivity contribution in [1.82, 2.24) is 0 Å². The van der Waals surface area contributed by atoms with Gasteiger partial charge in [-0.25, -0.2) is 8.42 Å². The van der Waals surface area contributed by atoms with Crippen molar-refractivity contribution in [3.8, 4) is 11.5 Å². The van der Waals surface area contributed by atoms with Crippen LogP contribution in [-0.4, -0.2) is 30.5 Å². The third-order valence-electron chi connectivity index (χ3n) is 9.95. The monoisotopic (exact) mass is 672 g/mol. The zero-order chi connectivity index (χ0) is 35.1. The van der Waals surface area contributed by atoms with Crippen LogP contribution >= 0.6 is 0 Å². The van der Waals surface area contributed by atoms with Crippen molar-refractivity contribution in [1.29, 1.82) is 0 Å². The SMILES string of the molecule is CC(C)=CCCC(C)CC=CC(C)C(C(O)CC1(C)CCc2c(C)c(OCc3ccccc3)c(C)c(C)c2O1)S(=O)(=O)c1ccccc1. The number of fused-ring (bicyclic) bond motifs is 1. The van der Waals surface area contributed by atoms with Crippen molar-refractivity contribution in [3.05, 3.63) is 112 Å². The van der Waals surface area contributed by atoms with Gasteiger partial charge in [-0.1, -0.05) is 86.2 Å². The van der Waals surface area contributed by atoms with Gasteiger partial charge >= 0.3 is 0 Å². The highest BCUT2D eigenvalue weighted by Crippen LogP contribution is 2.45. The van der Waals surface area contributed by atoms with Crippen LogP contribution in [0.1, 0.15) is 94.5 Å². The number of allylic oxidation sites excluding steroid dienone is 4. The van der Waals surface area contributed by atoms with Crippen LogP contribution < -0.4 is 9.47 Å². The Labute approximate surface area is 290 Å². The Balaban J connectivity index is 1.55. The van der Waals surface area contributed by atoms with E-state index >= 15 is 0 Å². The maximum absolute atomic E-state index is 14.2. The number of benzene rings is 3. The molecule has 1 N–H and O–H groups in total. The molecular weight excluding hydrogens is 617 g/mol. The fraction of sp³-hybridized carbons (Fsp3) is 0.476. The first-order chi connectivity index (χ1) is 22.7. The maximum atomic E-state index is 14.2. The summed E-state index contributed by atoms with van der Waals surface area (Å²) in [5, 5.41) is 10.9. The summed E-state index contributed by atoms with van der Waals surface area (Å²) in [6, 6.07) is 18.7. The van der Waals surface area contributed by atoms with E-state index in [0.717, 1.165) is 65.0 Å². The van der Waals surface area contributed by atoms with Gasteiger partial charge in [0, 0.05) is 12.0 Å². The highest BCUT2D eigenvalue weighted by molar-refractivity contribution is 7.92. The topological polar surface area (TPSA) is 72.8 Å². The molecule has 0 radical (unpaired) electrons. The molecule has 5 unspecified atom stereocenters. The van der Waals surface area contributed by atoms with E-state index in [1.165, 1.54) is 5.57 Å². The van der Waals surface area contributed by atoms with Crippen molar-refractivity contribution in [3.63, 3.8) is 0 Å². The summed E-state index contributed by atoms with van der Waals surface area (Å²) in [7, 11) is -3.85. The zero-order valence-electron chi connectivity index (χ0n) is 30.3. The van der Waals surface area contributed by atoms with Gasteiger partial charge in [-0.05, 0) is 120 Å². The van der Waals surface area contributed by atoms with Gasteiger partial charge in [0.25, 0.3) is 0 Å². The number of rotatable bonds is 15. The standard InChI is InChI=1S/C42H56O5S/c1-29(2)17-15-18-30(3)19-16-20-31(4)41(48(44,45)36-23-13-10-14-24-36)38(43)27-42(8)26-25-37-34(7)39(32(5)33(6)40(37)47-42)46-28-35-21-11-9-12-22-35/h9-14,16-17,20-24,30-31,38,41,43H,15,18-19,25-28H2,1-8H3. The second kappa shape index (κ2) is 16.4. The molecule has 5 atom stereocenters. The first-order valence-electron chi connectivity index (χ1n) is 17.5. The molecule has 0 spiro atoms. The molecule has 4 rings (SSSR count). The number of aliphatic hydroxyl groups excluding tert-OH is 1. The number of aliphatic hydroxyl groups is 1. The molecule has 3 aromatic rings. The van der Waals surface area contributed by atoms with Crippen LogP contribution in [0, 0.1) is 32.6 Å². The van der Waals surface area contributed by atoms with Gasteiger partial charge in [0.1, 0.15) is 23.7 Å². The van der Waals surface area contributed by atoms with E-state index in [0.29, 0.717) is 18.9 Å². The highest BCUT2D eigenvalue weighted by atomic mass is 32.2. The lowest BCUT2D eigenvalue weighted by Gasteiger charge is -2.40. The largest absolute Gasteiger partial charge is 0.488 e. The average Bonchev–Trinajstić information content (AvgIpc) is 3.04. The molecule has 260 valence electrons. The van der Waals surface area contributed by atoms with Crippen molar-refractivity contribution in [2.75, 3.05) is 0 Å². The summed E-state index contributed by atoms with van der Waals surface area (Å²) < 4.78 is 41.4. The van der Waals surface area contributed by atoms with Crippen LogP contribution in [0.25, 0.3) is 0 Å². The minimum Gasteiger partial charge on any atom is -0.488 e. The van der Waals surface area contributed by atoms with Crippen molar-refractivity contribution >= 4 is 9.84 Å². The summed E-state index contributed by atoms with van der Waals surface area (Å²) in [5.41, 5.74) is 5.94. The lowest BCUT2D eigenvalue weighted by molar-refractivity contribution is 0.00474. The molecule has 48 heavy (non-hydrogen) atoms. The van der Waals surface area contributed by atoms with E-state index < -0.39 is 32.7 Å². The molecule has 0 saturated heterocycles. The molecule has 1 aliphatic heterocycles. The van der Waals surface area contributed by atoms with Gasteiger partial charge in [0.15, 0.2) is 9.84 Å². The molecule has 5 nitrogen and oxygen atoms in total. The van der Waals surface area contributed by atoms with Gasteiger partial charge in [-0.2, -0.15) is 0 Å². The van der Waals surface area contributed by atoms with Crippen molar-refractivity contribution < 1.29 is 23.0 Å². The minimum absolute atomic E-state index is 0.199. The Hall–Kier alpha value is -3.35. The summed E-state index contributed by atoms with van der Waals surface area (Å²) in [6.45, 7) is 17.1. The van der Waals surface area contributed by atoms with E-state index in [-0.39, 0.29) is 11.3 Å². The minimum atomic E-state index is -3.85. The molecule has 1 heterocycles. The third-order valence-corrected chi connectivity index (χ3v) is 12.3. The van der Waals surface area contributed by atoms with E-state index in [4.69, 9.17) is 9.47 Å². The van der Waals surface area contributed by atoms with E-state index in [9.17, 15) is 13.5 Å². The number of ether oxygens (including phenoxy) is 2. The quantitative estimate of drug-likeness (QED) is 0.163. The van der Waals surface area contributed by atoms with E-state index in [1.807, 2.05) is 44.2 Å². The van der Waals surface area contributed by atoms with Gasteiger partial charge in [-0.15, -0.1) is 0 Å². The predicted octanol–water partition coefficient (Wildman–Crippen LogP) is 9.83. The van der Waals surface area contributed by atoms with Crippen LogP contribution in [0.15, 0.2) is 89.4 Å². The fourth-order valence-electron chi connectivity index (χ4n) is 6.95. The molecule has 3 aromatic carbocycles. The second-order valence-corrected chi connectivity index (χ2v) is 16.5. The molecule has 6 heteroatoms. The van der Waals surface area contributed by atoms with Crippen LogP contribution in [0.3, 0.4) is 0 Å². The Kier molecular flexibility index (Phi) is 12.8. The summed E-state index contributed by atoms with van der Waals surface area (Å²) >= 11 is 0. The van der Waals surface area contributed by atoms with Crippen LogP contribution in [0.5, 0.6) is 11.5 Å². The Morgan fingerprint density at radius 2 is 1.62 bits per heavy atom. The Morgan fingerprint density at radius 1 is 0.979 bits per heavy atom. The van der Waals surface area contributed by atoms with Gasteiger partial charge < -0.3 is 14.6 Å². The predicted molar refractivity (Wildman–Crippen MR) is 198 cm³/mol. The van der Waals surface area contributed by atoms with E-state index in [1.54, 1.807) is 24.3 Å². The molecular formula is C42H56O5S. The maximum Gasteiger partial charge on any atom is 0.184 e. The van der Waals surface area contributed by atoms with Gasteiger partial charge in [0.2, 0.25) is 0 Å². The normalized spacial score (nSPS) is 18.8. The molecule has 0 bridgehead atoms. The second-order valence-electron chi connectivity index (χ2n) is 14.4. The number of sulfone groups is 1. The van der Waals surface area contributed by atoms with E-state index in [2.05, 4.69) is 65.8 Å².